The summed E-state index contributed by atoms with van der Waals surface area (Å²) in [5.41, 5.74) is 2.14. The number of rotatable bonds is 4. The third-order valence-electron chi connectivity index (χ3n) is 4.31. The molecule has 0 spiro atoms. The normalized spacial score (nSPS) is 12.7. The molecule has 0 radical (unpaired) electrons. The summed E-state index contributed by atoms with van der Waals surface area (Å²) in [4.78, 5) is 0. The lowest BCUT2D eigenvalue weighted by Crippen LogP contribution is -2.17. The van der Waals surface area contributed by atoms with Gasteiger partial charge in [0.2, 0.25) is 6.79 Å². The number of hydrogen-bond acceptors (Lipinski definition) is 4. The van der Waals surface area contributed by atoms with E-state index in [1.165, 1.54) is 12.1 Å². The Hall–Kier alpha value is -3.35. The molecule has 1 heterocycles. The summed E-state index contributed by atoms with van der Waals surface area (Å²) in [5.74, 6) is 1.37. The van der Waals surface area contributed by atoms with Crippen LogP contribution in [0.5, 0.6) is 23.0 Å². The van der Waals surface area contributed by atoms with Gasteiger partial charge in [-0.05, 0) is 47.0 Å². The van der Waals surface area contributed by atoms with Crippen LogP contribution >= 0.6 is 0 Å². The molecule has 0 saturated carbocycles. The summed E-state index contributed by atoms with van der Waals surface area (Å²) >= 11 is 0. The summed E-state index contributed by atoms with van der Waals surface area (Å²) < 4.78 is 59.2. The predicted octanol–water partition coefficient (Wildman–Crippen LogP) is 5.66. The Morgan fingerprint density at radius 3 is 2.29 bits per heavy atom. The van der Waals surface area contributed by atoms with Crippen molar-refractivity contribution < 1.29 is 32.1 Å². The Labute approximate surface area is 159 Å². The van der Waals surface area contributed by atoms with Gasteiger partial charge in [0, 0.05) is 5.56 Å². The van der Waals surface area contributed by atoms with E-state index in [9.17, 15) is 13.2 Å². The van der Waals surface area contributed by atoms with Gasteiger partial charge in [-0.2, -0.15) is 0 Å². The van der Waals surface area contributed by atoms with Crippen molar-refractivity contribution in [2.75, 3.05) is 13.9 Å². The average molecular weight is 388 g/mol. The molecule has 7 heteroatoms. The van der Waals surface area contributed by atoms with E-state index in [-0.39, 0.29) is 12.5 Å². The monoisotopic (exact) mass is 388 g/mol. The summed E-state index contributed by atoms with van der Waals surface area (Å²) in [7, 11) is 1.55. The lowest BCUT2D eigenvalue weighted by molar-refractivity contribution is -0.274. The lowest BCUT2D eigenvalue weighted by Gasteiger charge is -2.18. The van der Waals surface area contributed by atoms with Crippen molar-refractivity contribution in [1.82, 2.24) is 0 Å². The first kappa shape index (κ1) is 18.0. The van der Waals surface area contributed by atoms with Crippen LogP contribution in [-0.2, 0) is 0 Å². The molecule has 0 atom stereocenters. The number of alkyl halides is 3. The molecule has 3 aromatic carbocycles. The van der Waals surface area contributed by atoms with Gasteiger partial charge in [-0.15, -0.1) is 13.2 Å². The van der Waals surface area contributed by atoms with E-state index in [4.69, 9.17) is 14.2 Å². The maximum absolute atomic E-state index is 13.0. The SMILES string of the molecule is COc1ccc(-c2cccc(OC(F)(F)F)c2-c2ccc3c(c2)OCO3)cc1. The second-order valence-electron chi connectivity index (χ2n) is 6.02. The molecule has 0 N–H and O–H groups in total. The topological polar surface area (TPSA) is 36.9 Å². The molecule has 0 unspecified atom stereocenters. The van der Waals surface area contributed by atoms with E-state index in [0.29, 0.717) is 33.9 Å². The van der Waals surface area contributed by atoms with E-state index in [0.717, 1.165) is 5.56 Å². The number of methoxy groups -OCH3 is 1. The first-order valence-corrected chi connectivity index (χ1v) is 8.38. The molecule has 0 fully saturated rings. The largest absolute Gasteiger partial charge is 0.573 e. The molecule has 0 amide bonds. The minimum Gasteiger partial charge on any atom is -0.497 e. The molecule has 1 aliphatic rings. The Morgan fingerprint density at radius 1 is 0.857 bits per heavy atom. The van der Waals surface area contributed by atoms with Crippen molar-refractivity contribution in [3.05, 3.63) is 60.7 Å². The van der Waals surface area contributed by atoms with E-state index < -0.39 is 6.36 Å². The van der Waals surface area contributed by atoms with E-state index in [1.54, 1.807) is 55.6 Å². The highest BCUT2D eigenvalue weighted by Gasteiger charge is 2.33. The quantitative estimate of drug-likeness (QED) is 0.578. The van der Waals surface area contributed by atoms with Gasteiger partial charge >= 0.3 is 6.36 Å². The molecule has 0 saturated heterocycles. The third kappa shape index (κ3) is 3.55. The number of halogens is 3. The first-order chi connectivity index (χ1) is 13.4. The van der Waals surface area contributed by atoms with Crippen LogP contribution in [0.4, 0.5) is 13.2 Å². The van der Waals surface area contributed by atoms with Gasteiger partial charge in [0.1, 0.15) is 11.5 Å². The summed E-state index contributed by atoms with van der Waals surface area (Å²) in [6.07, 6.45) is -4.82. The standard InChI is InChI=1S/C21H15F3O4/c1-25-15-8-5-13(6-9-15)16-3-2-4-18(28-21(22,23)24)20(16)14-7-10-17-19(11-14)27-12-26-17/h2-11H,12H2,1H3. The van der Waals surface area contributed by atoms with E-state index in [1.807, 2.05) is 0 Å². The Balaban J connectivity index is 1.89. The van der Waals surface area contributed by atoms with Crippen molar-refractivity contribution >= 4 is 0 Å². The molecule has 0 aromatic heterocycles. The summed E-state index contributed by atoms with van der Waals surface area (Å²) in [6, 6.07) is 16.6. The third-order valence-corrected chi connectivity index (χ3v) is 4.31. The predicted molar refractivity (Wildman–Crippen MR) is 96.7 cm³/mol. The van der Waals surface area contributed by atoms with Crippen LogP contribution in [-0.4, -0.2) is 20.3 Å². The molecule has 1 aliphatic heterocycles. The molecule has 0 bridgehead atoms. The van der Waals surface area contributed by atoms with Crippen molar-refractivity contribution in [3.8, 4) is 45.3 Å². The summed E-state index contributed by atoms with van der Waals surface area (Å²) in [5, 5.41) is 0. The molecule has 3 aromatic rings. The van der Waals surface area contributed by atoms with Gasteiger partial charge in [0.05, 0.1) is 7.11 Å². The maximum atomic E-state index is 13.0. The van der Waals surface area contributed by atoms with E-state index in [2.05, 4.69) is 4.74 Å². The van der Waals surface area contributed by atoms with Crippen molar-refractivity contribution in [3.63, 3.8) is 0 Å². The van der Waals surface area contributed by atoms with Crippen molar-refractivity contribution in [1.29, 1.82) is 0 Å². The van der Waals surface area contributed by atoms with Gasteiger partial charge in [-0.25, -0.2) is 0 Å². The van der Waals surface area contributed by atoms with Gasteiger partial charge in [-0.1, -0.05) is 30.3 Å². The molecule has 4 nitrogen and oxygen atoms in total. The Bertz CT molecular complexity index is 998. The van der Waals surface area contributed by atoms with Crippen LogP contribution in [0.15, 0.2) is 60.7 Å². The number of benzene rings is 3. The van der Waals surface area contributed by atoms with Gasteiger partial charge in [0.25, 0.3) is 0 Å². The highest BCUT2D eigenvalue weighted by atomic mass is 19.4. The zero-order valence-electron chi connectivity index (χ0n) is 14.7. The second-order valence-corrected chi connectivity index (χ2v) is 6.02. The van der Waals surface area contributed by atoms with Crippen LogP contribution < -0.4 is 18.9 Å². The fraction of sp³-hybridized carbons (Fsp3) is 0.143. The summed E-state index contributed by atoms with van der Waals surface area (Å²) in [6.45, 7) is 0.0742. The van der Waals surface area contributed by atoms with Crippen LogP contribution in [0.2, 0.25) is 0 Å². The van der Waals surface area contributed by atoms with E-state index >= 15 is 0 Å². The zero-order valence-corrected chi connectivity index (χ0v) is 14.7. The van der Waals surface area contributed by atoms with Crippen molar-refractivity contribution in [2.24, 2.45) is 0 Å². The first-order valence-electron chi connectivity index (χ1n) is 8.38. The van der Waals surface area contributed by atoms with Crippen LogP contribution in [0.25, 0.3) is 22.3 Å². The van der Waals surface area contributed by atoms with Crippen LogP contribution in [0.3, 0.4) is 0 Å². The minimum absolute atomic E-state index is 0.0742. The number of ether oxygens (including phenoxy) is 4. The second kappa shape index (κ2) is 6.99. The fourth-order valence-corrected chi connectivity index (χ4v) is 3.10. The van der Waals surface area contributed by atoms with Crippen LogP contribution in [0.1, 0.15) is 0 Å². The lowest BCUT2D eigenvalue weighted by atomic mass is 9.93. The molecule has 0 aliphatic carbocycles. The highest BCUT2D eigenvalue weighted by Crippen LogP contribution is 2.44. The van der Waals surface area contributed by atoms with Crippen LogP contribution in [0, 0.1) is 0 Å². The highest BCUT2D eigenvalue weighted by molar-refractivity contribution is 5.88. The van der Waals surface area contributed by atoms with Gasteiger partial charge in [-0.3, -0.25) is 0 Å². The molecule has 4 rings (SSSR count). The Kier molecular flexibility index (Phi) is 4.50. The molecular weight excluding hydrogens is 373 g/mol. The number of fused-ring (bicyclic) bond motifs is 1. The Morgan fingerprint density at radius 2 is 1.57 bits per heavy atom. The fourth-order valence-electron chi connectivity index (χ4n) is 3.10. The van der Waals surface area contributed by atoms with Gasteiger partial charge in [0.15, 0.2) is 11.5 Å². The molecule has 28 heavy (non-hydrogen) atoms. The number of hydrogen-bond donors (Lipinski definition) is 0. The minimum atomic E-state index is -4.82. The average Bonchev–Trinajstić information content (AvgIpc) is 3.14. The smallest absolute Gasteiger partial charge is 0.497 e. The molecule has 144 valence electrons. The van der Waals surface area contributed by atoms with Gasteiger partial charge < -0.3 is 18.9 Å². The van der Waals surface area contributed by atoms with Crippen molar-refractivity contribution in [2.45, 2.75) is 6.36 Å². The molecular formula is C21H15F3O4. The zero-order chi connectivity index (χ0) is 19.7. The maximum Gasteiger partial charge on any atom is 0.573 e.